The first-order chi connectivity index (χ1) is 15.7. The van der Waals surface area contributed by atoms with Gasteiger partial charge in [0, 0.05) is 23.4 Å². The molecule has 170 valence electrons. The highest BCUT2D eigenvalue weighted by Crippen LogP contribution is 2.54. The minimum absolute atomic E-state index is 0.0742. The van der Waals surface area contributed by atoms with E-state index in [1.165, 1.54) is 0 Å². The van der Waals surface area contributed by atoms with Crippen molar-refractivity contribution in [2.24, 2.45) is 0 Å². The van der Waals surface area contributed by atoms with Gasteiger partial charge in [-0.05, 0) is 53.8 Å². The largest absolute Gasteiger partial charge is 0.325 e. The highest BCUT2D eigenvalue weighted by Gasteiger charge is 2.52. The predicted molar refractivity (Wildman–Crippen MR) is 122 cm³/mol. The van der Waals surface area contributed by atoms with Crippen LogP contribution < -0.4 is 10.0 Å². The lowest BCUT2D eigenvalue weighted by Crippen LogP contribution is -2.40. The molecule has 2 N–H and O–H groups in total. The second-order valence-corrected chi connectivity index (χ2v) is 10.3. The Morgan fingerprint density at radius 3 is 2.39 bits per heavy atom. The van der Waals surface area contributed by atoms with E-state index in [1.54, 1.807) is 12.1 Å². The minimum Gasteiger partial charge on any atom is -0.325 e. The van der Waals surface area contributed by atoms with Crippen LogP contribution in [0, 0.1) is 11.6 Å². The number of fused-ring (bicyclic) bond motifs is 2. The molecule has 1 aliphatic carbocycles. The Kier molecular flexibility index (Phi) is 5.01. The zero-order chi connectivity index (χ0) is 23.4. The summed E-state index contributed by atoms with van der Waals surface area (Å²) in [5.41, 5.74) is 2.82. The van der Waals surface area contributed by atoms with Crippen molar-refractivity contribution in [3.05, 3.63) is 89.0 Å². The summed E-state index contributed by atoms with van der Waals surface area (Å²) in [5.74, 6) is -2.24. The van der Waals surface area contributed by atoms with E-state index in [0.29, 0.717) is 24.6 Å². The molecule has 0 aromatic heterocycles. The van der Waals surface area contributed by atoms with Crippen LogP contribution in [0.3, 0.4) is 0 Å². The summed E-state index contributed by atoms with van der Waals surface area (Å²) in [6.45, 7) is 1.99. The Labute approximate surface area is 190 Å². The second kappa shape index (κ2) is 7.66. The van der Waals surface area contributed by atoms with Crippen LogP contribution in [-0.2, 0) is 20.2 Å². The van der Waals surface area contributed by atoms with Gasteiger partial charge < -0.3 is 5.32 Å². The molecule has 1 aliphatic heterocycles. The maximum absolute atomic E-state index is 14.2. The number of amides is 1. The molecule has 3 aromatic rings. The number of carbonyl (C=O) groups excluding carboxylic acids is 1. The predicted octanol–water partition coefficient (Wildman–Crippen LogP) is 5.29. The van der Waals surface area contributed by atoms with E-state index in [4.69, 9.17) is 0 Å². The van der Waals surface area contributed by atoms with Gasteiger partial charge in [-0.25, -0.2) is 17.2 Å². The van der Waals surface area contributed by atoms with Crippen molar-refractivity contribution >= 4 is 27.3 Å². The molecular formula is C25H22F2N2O3S. The van der Waals surface area contributed by atoms with Crippen molar-refractivity contribution in [1.29, 1.82) is 0 Å². The second-order valence-electron chi connectivity index (χ2n) is 8.69. The van der Waals surface area contributed by atoms with Crippen LogP contribution in [0.2, 0.25) is 0 Å². The lowest BCUT2D eigenvalue weighted by Gasteiger charge is -2.36. The molecule has 0 bridgehead atoms. The topological polar surface area (TPSA) is 75.3 Å². The van der Waals surface area contributed by atoms with Crippen LogP contribution >= 0.6 is 0 Å². The van der Waals surface area contributed by atoms with Crippen molar-refractivity contribution in [1.82, 2.24) is 0 Å². The van der Waals surface area contributed by atoms with Gasteiger partial charge in [0.15, 0.2) is 0 Å². The minimum atomic E-state index is -4.32. The first kappa shape index (κ1) is 21.6. The lowest BCUT2D eigenvalue weighted by molar-refractivity contribution is -0.123. The van der Waals surface area contributed by atoms with E-state index in [-0.39, 0.29) is 17.5 Å². The Bertz CT molecular complexity index is 1370. The number of hydrogen-bond donors (Lipinski definition) is 2. The first-order valence-electron chi connectivity index (χ1n) is 10.7. The van der Waals surface area contributed by atoms with Crippen molar-refractivity contribution in [2.75, 3.05) is 10.0 Å². The van der Waals surface area contributed by atoms with E-state index in [9.17, 15) is 22.0 Å². The number of rotatable bonds is 5. The standard InChI is InChI=1S/C25H22F2N2O3S/c1-15(16-6-3-2-4-7-16)19-13-18(14-20-23(19)28-24(30)25(20)10-5-11-25)29-33(31,32)22-9-8-17(26)12-21(22)27/h2-4,6-9,12-15,29H,5,10-11H2,1H3,(H,28,30). The molecule has 3 aromatic carbocycles. The van der Waals surface area contributed by atoms with Crippen LogP contribution in [0.5, 0.6) is 0 Å². The van der Waals surface area contributed by atoms with E-state index in [2.05, 4.69) is 10.0 Å². The number of nitrogens with one attached hydrogen (secondary N) is 2. The molecule has 1 fully saturated rings. The molecule has 8 heteroatoms. The fourth-order valence-corrected chi connectivity index (χ4v) is 5.89. The summed E-state index contributed by atoms with van der Waals surface area (Å²) >= 11 is 0. The summed E-state index contributed by atoms with van der Waals surface area (Å²) < 4.78 is 55.8. The van der Waals surface area contributed by atoms with Crippen molar-refractivity contribution in [2.45, 2.75) is 42.4 Å². The SMILES string of the molecule is CC(c1ccccc1)c1cc(NS(=O)(=O)c2ccc(F)cc2F)cc2c1NC(=O)C21CCC1. The third kappa shape index (κ3) is 3.49. The van der Waals surface area contributed by atoms with Gasteiger partial charge >= 0.3 is 0 Å². The molecule has 1 heterocycles. The molecule has 1 atom stereocenters. The summed E-state index contributed by atoms with van der Waals surface area (Å²) in [5, 5.41) is 3.03. The van der Waals surface area contributed by atoms with Crippen LogP contribution in [0.1, 0.15) is 48.8 Å². The van der Waals surface area contributed by atoms with Gasteiger partial charge in [0.25, 0.3) is 10.0 Å². The summed E-state index contributed by atoms with van der Waals surface area (Å²) in [7, 11) is -4.32. The Balaban J connectivity index is 1.62. The van der Waals surface area contributed by atoms with Gasteiger partial charge in [-0.1, -0.05) is 43.7 Å². The highest BCUT2D eigenvalue weighted by molar-refractivity contribution is 7.92. The van der Waals surface area contributed by atoms with E-state index in [0.717, 1.165) is 35.2 Å². The normalized spacial score (nSPS) is 17.2. The number of halogens is 2. The van der Waals surface area contributed by atoms with Gasteiger partial charge in [-0.3, -0.25) is 9.52 Å². The third-order valence-corrected chi connectivity index (χ3v) is 8.18. The van der Waals surface area contributed by atoms with Crippen LogP contribution in [0.25, 0.3) is 0 Å². The summed E-state index contributed by atoms with van der Waals surface area (Å²) in [4.78, 5) is 12.3. The summed E-state index contributed by atoms with van der Waals surface area (Å²) in [6.07, 6.45) is 2.29. The summed E-state index contributed by atoms with van der Waals surface area (Å²) in [6, 6.07) is 15.3. The van der Waals surface area contributed by atoms with Gasteiger partial charge in [-0.15, -0.1) is 0 Å². The maximum atomic E-state index is 14.2. The molecule has 1 spiro atoms. The van der Waals surface area contributed by atoms with E-state index >= 15 is 0 Å². The van der Waals surface area contributed by atoms with Gasteiger partial charge in [0.2, 0.25) is 5.91 Å². The maximum Gasteiger partial charge on any atom is 0.264 e. The average molecular weight is 469 g/mol. The average Bonchev–Trinajstić information content (AvgIpc) is 3.04. The molecular weight excluding hydrogens is 446 g/mol. The molecule has 5 nitrogen and oxygen atoms in total. The molecule has 5 rings (SSSR count). The molecule has 33 heavy (non-hydrogen) atoms. The molecule has 0 radical (unpaired) electrons. The number of hydrogen-bond acceptors (Lipinski definition) is 3. The molecule has 1 amide bonds. The zero-order valence-corrected chi connectivity index (χ0v) is 18.7. The smallest absolute Gasteiger partial charge is 0.264 e. The van der Waals surface area contributed by atoms with Gasteiger partial charge in [0.05, 0.1) is 5.41 Å². The zero-order valence-electron chi connectivity index (χ0n) is 17.9. The van der Waals surface area contributed by atoms with Crippen LogP contribution in [-0.4, -0.2) is 14.3 Å². The van der Waals surface area contributed by atoms with E-state index < -0.39 is 32.0 Å². The number of benzene rings is 3. The number of carbonyl (C=O) groups is 1. The number of sulfonamides is 1. The fraction of sp³-hybridized carbons (Fsp3) is 0.240. The quantitative estimate of drug-likeness (QED) is 0.534. The Morgan fingerprint density at radius 1 is 1.03 bits per heavy atom. The van der Waals surface area contributed by atoms with Crippen molar-refractivity contribution in [3.63, 3.8) is 0 Å². The first-order valence-corrected chi connectivity index (χ1v) is 12.2. The monoisotopic (exact) mass is 468 g/mol. The fourth-order valence-electron chi connectivity index (χ4n) is 4.79. The van der Waals surface area contributed by atoms with Crippen LogP contribution in [0.15, 0.2) is 65.6 Å². The molecule has 1 saturated carbocycles. The van der Waals surface area contributed by atoms with Crippen molar-refractivity contribution in [3.8, 4) is 0 Å². The van der Waals surface area contributed by atoms with Crippen LogP contribution in [0.4, 0.5) is 20.2 Å². The van der Waals surface area contributed by atoms with Gasteiger partial charge in [0.1, 0.15) is 16.5 Å². The Hall–Kier alpha value is -3.26. The number of anilines is 2. The van der Waals surface area contributed by atoms with Crippen molar-refractivity contribution < 1.29 is 22.0 Å². The third-order valence-electron chi connectivity index (χ3n) is 6.77. The van der Waals surface area contributed by atoms with E-state index in [1.807, 2.05) is 37.3 Å². The Morgan fingerprint density at radius 2 is 1.76 bits per heavy atom. The highest BCUT2D eigenvalue weighted by atomic mass is 32.2. The van der Waals surface area contributed by atoms with Gasteiger partial charge in [-0.2, -0.15) is 0 Å². The lowest BCUT2D eigenvalue weighted by atomic mass is 9.65. The molecule has 1 unspecified atom stereocenters. The molecule has 2 aliphatic rings. The molecule has 0 saturated heterocycles.